The second-order valence-electron chi connectivity index (χ2n) is 1.97. The molecule has 0 N–H and O–H groups in total. The first kappa shape index (κ1) is 6.42. The van der Waals surface area contributed by atoms with Crippen LogP contribution in [0.4, 0.5) is 0 Å². The molecular weight excluding hydrogens is 132 g/mol. The highest BCUT2D eigenvalue weighted by Crippen LogP contribution is 2.06. The van der Waals surface area contributed by atoms with Crippen LogP contribution in [0.25, 0.3) is 0 Å². The van der Waals surface area contributed by atoms with Gasteiger partial charge in [-0.05, 0) is 6.92 Å². The fraction of sp³-hybridized carbons (Fsp3) is 0.333. The van der Waals surface area contributed by atoms with Crippen LogP contribution in [0.5, 0.6) is 0 Å². The highest BCUT2D eigenvalue weighted by atomic mass is 32.1. The van der Waals surface area contributed by atoms with Crippen LogP contribution in [0, 0.1) is 0 Å². The predicted molar refractivity (Wildman–Crippen MR) is 38.4 cm³/mol. The molecule has 9 heavy (non-hydrogen) atoms. The Hall–Kier alpha value is -0.700. The maximum Gasteiger partial charge on any atom is 0.121 e. The van der Waals surface area contributed by atoms with Crippen molar-refractivity contribution in [3.8, 4) is 0 Å². The molecule has 0 aliphatic carbocycles. The third kappa shape index (κ3) is 1.93. The quantitative estimate of drug-likeness (QED) is 0.584. The lowest BCUT2D eigenvalue weighted by Crippen LogP contribution is -1.82. The third-order valence-electron chi connectivity index (χ3n) is 0.858. The summed E-state index contributed by atoms with van der Waals surface area (Å²) in [5.41, 5.74) is 2.87. The van der Waals surface area contributed by atoms with Gasteiger partial charge in [0.2, 0.25) is 0 Å². The van der Waals surface area contributed by atoms with Crippen molar-refractivity contribution in [2.75, 3.05) is 0 Å². The zero-order valence-corrected chi connectivity index (χ0v) is 6.11. The van der Waals surface area contributed by atoms with Crippen molar-refractivity contribution in [3.05, 3.63) is 22.7 Å². The van der Waals surface area contributed by atoms with Gasteiger partial charge in [-0.25, -0.2) is 0 Å². The van der Waals surface area contributed by atoms with E-state index >= 15 is 0 Å². The van der Waals surface area contributed by atoms with Gasteiger partial charge < -0.3 is 0 Å². The van der Waals surface area contributed by atoms with Crippen molar-refractivity contribution >= 4 is 11.3 Å². The van der Waals surface area contributed by atoms with Gasteiger partial charge in [0.1, 0.15) is 10.5 Å². The Bertz CT molecular complexity index is 191. The maximum atomic E-state index is 3.86. The molecule has 1 heterocycles. The number of rotatable bonds is 2. The Morgan fingerprint density at radius 1 is 1.89 bits per heavy atom. The normalized spacial score (nSPS) is 9.44. The topological polar surface area (TPSA) is 25.8 Å². The molecule has 0 aromatic carbocycles. The smallest absolute Gasteiger partial charge is 0.121 e. The molecule has 1 rings (SSSR count). The summed E-state index contributed by atoms with van der Waals surface area (Å²) in [5.74, 6) is 0. The van der Waals surface area contributed by atoms with Crippen molar-refractivity contribution in [2.24, 2.45) is 0 Å². The summed E-state index contributed by atoms with van der Waals surface area (Å²) in [6, 6.07) is 0. The molecule has 0 unspecified atom stereocenters. The Kier molecular flexibility index (Phi) is 1.95. The number of hydrogen-bond acceptors (Lipinski definition) is 3. The zero-order valence-electron chi connectivity index (χ0n) is 5.29. The zero-order chi connectivity index (χ0) is 6.69. The van der Waals surface area contributed by atoms with E-state index in [9.17, 15) is 0 Å². The molecule has 0 aliphatic rings. The third-order valence-corrected chi connectivity index (χ3v) is 1.56. The Balaban J connectivity index is 2.58. The van der Waals surface area contributed by atoms with Gasteiger partial charge in [-0.15, -0.1) is 21.5 Å². The molecule has 0 fully saturated rings. The van der Waals surface area contributed by atoms with Crippen LogP contribution >= 0.6 is 11.3 Å². The average molecular weight is 140 g/mol. The van der Waals surface area contributed by atoms with E-state index in [1.807, 2.05) is 6.92 Å². The van der Waals surface area contributed by atoms with E-state index in [4.69, 9.17) is 0 Å². The Morgan fingerprint density at radius 2 is 2.67 bits per heavy atom. The average Bonchev–Trinajstić information content (AvgIpc) is 2.15. The summed E-state index contributed by atoms with van der Waals surface area (Å²) in [7, 11) is 0. The summed E-state index contributed by atoms with van der Waals surface area (Å²) in [4.78, 5) is 0. The van der Waals surface area contributed by atoms with Crippen LogP contribution in [0.2, 0.25) is 0 Å². The molecule has 48 valence electrons. The molecule has 3 heteroatoms. The standard InChI is InChI=1S/C6H8N2S/c1-5(2)3-6-8-7-4-9-6/h4H,1,3H2,2H3. The van der Waals surface area contributed by atoms with Crippen molar-refractivity contribution in [2.45, 2.75) is 13.3 Å². The van der Waals surface area contributed by atoms with Crippen LogP contribution < -0.4 is 0 Å². The Morgan fingerprint density at radius 3 is 3.11 bits per heavy atom. The fourth-order valence-electron chi connectivity index (χ4n) is 0.531. The SMILES string of the molecule is C=C(C)Cc1nncs1. The van der Waals surface area contributed by atoms with Crippen molar-refractivity contribution < 1.29 is 0 Å². The predicted octanol–water partition coefficient (Wildman–Crippen LogP) is 1.66. The van der Waals surface area contributed by atoms with Crippen LogP contribution in [-0.4, -0.2) is 10.2 Å². The first-order valence-corrected chi connectivity index (χ1v) is 3.56. The molecule has 0 saturated carbocycles. The summed E-state index contributed by atoms with van der Waals surface area (Å²) in [5, 5.41) is 8.61. The fourth-order valence-corrected chi connectivity index (χ4v) is 1.17. The van der Waals surface area contributed by atoms with Gasteiger partial charge in [-0.2, -0.15) is 0 Å². The summed E-state index contributed by atoms with van der Waals surface area (Å²) in [6.07, 6.45) is 0.866. The van der Waals surface area contributed by atoms with E-state index in [0.29, 0.717) is 0 Å². The van der Waals surface area contributed by atoms with Gasteiger partial charge in [-0.3, -0.25) is 0 Å². The molecule has 0 spiro atoms. The lowest BCUT2D eigenvalue weighted by atomic mass is 10.3. The van der Waals surface area contributed by atoms with E-state index in [1.54, 1.807) is 16.8 Å². The van der Waals surface area contributed by atoms with Gasteiger partial charge in [0.05, 0.1) is 0 Å². The maximum absolute atomic E-state index is 3.86. The van der Waals surface area contributed by atoms with Gasteiger partial charge in [0.15, 0.2) is 0 Å². The first-order valence-electron chi connectivity index (χ1n) is 2.68. The largest absolute Gasteiger partial charge is 0.147 e. The highest BCUT2D eigenvalue weighted by molar-refractivity contribution is 7.09. The molecule has 0 saturated heterocycles. The molecule has 2 nitrogen and oxygen atoms in total. The molecule has 0 amide bonds. The van der Waals surface area contributed by atoms with E-state index in [0.717, 1.165) is 17.0 Å². The lowest BCUT2D eigenvalue weighted by molar-refractivity contribution is 0.994. The Labute approximate surface area is 58.2 Å². The minimum Gasteiger partial charge on any atom is -0.147 e. The summed E-state index contributed by atoms with van der Waals surface area (Å²) < 4.78 is 0. The van der Waals surface area contributed by atoms with Gasteiger partial charge in [0.25, 0.3) is 0 Å². The molecule has 0 aliphatic heterocycles. The minimum absolute atomic E-state index is 0.866. The molecule has 0 bridgehead atoms. The summed E-state index contributed by atoms with van der Waals surface area (Å²) in [6.45, 7) is 5.76. The number of allylic oxidation sites excluding steroid dienone is 1. The summed E-state index contributed by atoms with van der Waals surface area (Å²) >= 11 is 1.57. The minimum atomic E-state index is 0.866. The molecule has 1 aromatic heterocycles. The molecular formula is C6H8N2S. The van der Waals surface area contributed by atoms with Crippen molar-refractivity contribution in [1.82, 2.24) is 10.2 Å². The lowest BCUT2D eigenvalue weighted by Gasteiger charge is -1.88. The monoisotopic (exact) mass is 140 g/mol. The van der Waals surface area contributed by atoms with Gasteiger partial charge in [0, 0.05) is 6.42 Å². The van der Waals surface area contributed by atoms with Crippen molar-refractivity contribution in [1.29, 1.82) is 0 Å². The van der Waals surface area contributed by atoms with Crippen LogP contribution in [0.1, 0.15) is 11.9 Å². The van der Waals surface area contributed by atoms with Crippen molar-refractivity contribution in [3.63, 3.8) is 0 Å². The molecule has 0 atom stereocenters. The van der Waals surface area contributed by atoms with E-state index < -0.39 is 0 Å². The molecule has 0 radical (unpaired) electrons. The number of hydrogen-bond donors (Lipinski definition) is 0. The first-order chi connectivity index (χ1) is 4.29. The number of aromatic nitrogens is 2. The van der Waals surface area contributed by atoms with Gasteiger partial charge in [-0.1, -0.05) is 12.2 Å². The van der Waals surface area contributed by atoms with E-state index in [2.05, 4.69) is 16.8 Å². The second kappa shape index (κ2) is 2.73. The van der Waals surface area contributed by atoms with Crippen LogP contribution in [-0.2, 0) is 6.42 Å². The van der Waals surface area contributed by atoms with Gasteiger partial charge >= 0.3 is 0 Å². The second-order valence-corrected chi connectivity index (χ2v) is 2.88. The highest BCUT2D eigenvalue weighted by Gasteiger charge is 1.94. The van der Waals surface area contributed by atoms with E-state index in [-0.39, 0.29) is 0 Å². The van der Waals surface area contributed by atoms with E-state index in [1.165, 1.54) is 0 Å². The van der Waals surface area contributed by atoms with Crippen LogP contribution in [0.15, 0.2) is 17.7 Å². The van der Waals surface area contributed by atoms with Crippen LogP contribution in [0.3, 0.4) is 0 Å². The molecule has 1 aromatic rings. The number of nitrogens with zero attached hydrogens (tertiary/aromatic N) is 2.